The van der Waals surface area contributed by atoms with Gasteiger partial charge in [-0.1, -0.05) is 29.8 Å². The van der Waals surface area contributed by atoms with E-state index in [-0.39, 0.29) is 5.84 Å². The molecule has 0 unspecified atom stereocenters. The van der Waals surface area contributed by atoms with E-state index in [1.165, 1.54) is 0 Å². The highest BCUT2D eigenvalue weighted by molar-refractivity contribution is 9.10. The van der Waals surface area contributed by atoms with Gasteiger partial charge in [0.05, 0.1) is 0 Å². The van der Waals surface area contributed by atoms with Crippen molar-refractivity contribution in [3.63, 3.8) is 0 Å². The molecule has 1 rings (SSSR count). The average molecular weight is 298 g/mol. The number of nitrogens with zero attached hydrogens (tertiary/aromatic N) is 1. The van der Waals surface area contributed by atoms with Gasteiger partial charge in [0.1, 0.15) is 5.84 Å². The number of rotatable bonds is 5. The third-order valence-corrected chi connectivity index (χ3v) is 3.05. The molecule has 0 fully saturated rings. The van der Waals surface area contributed by atoms with Crippen molar-refractivity contribution < 1.29 is 0 Å². The van der Waals surface area contributed by atoms with E-state index in [9.17, 15) is 0 Å². The molecule has 0 radical (unpaired) electrons. The summed E-state index contributed by atoms with van der Waals surface area (Å²) in [6.45, 7) is 8.37. The van der Waals surface area contributed by atoms with Crippen molar-refractivity contribution >= 4 is 27.5 Å². The quantitative estimate of drug-likeness (QED) is 0.648. The molecule has 94 valence electrons. The van der Waals surface area contributed by atoms with Crippen LogP contribution in [0.4, 0.5) is 5.69 Å². The molecule has 4 heteroatoms. The van der Waals surface area contributed by atoms with Gasteiger partial charge in [-0.2, -0.15) is 0 Å². The van der Waals surface area contributed by atoms with Gasteiger partial charge in [0.15, 0.2) is 0 Å². The SMILES string of the molecule is CCN(CC(C)C)c1cc(Br)ccc1C(=N)N. The molecule has 0 aliphatic heterocycles. The number of halogens is 1. The second-order valence-corrected chi connectivity index (χ2v) is 5.42. The van der Waals surface area contributed by atoms with Crippen molar-refractivity contribution in [2.24, 2.45) is 11.7 Å². The lowest BCUT2D eigenvalue weighted by Crippen LogP contribution is -2.29. The highest BCUT2D eigenvalue weighted by atomic mass is 79.9. The van der Waals surface area contributed by atoms with Crippen LogP contribution in [0.1, 0.15) is 26.3 Å². The number of nitrogen functional groups attached to an aromatic ring is 1. The van der Waals surface area contributed by atoms with Gasteiger partial charge >= 0.3 is 0 Å². The van der Waals surface area contributed by atoms with Crippen LogP contribution in [0.25, 0.3) is 0 Å². The predicted octanol–water partition coefficient (Wildman–Crippen LogP) is 3.22. The zero-order chi connectivity index (χ0) is 13.0. The first-order chi connectivity index (χ1) is 7.95. The molecule has 17 heavy (non-hydrogen) atoms. The van der Waals surface area contributed by atoms with Crippen molar-refractivity contribution in [1.82, 2.24) is 0 Å². The van der Waals surface area contributed by atoms with Gasteiger partial charge in [-0.05, 0) is 31.0 Å². The normalized spacial score (nSPS) is 10.6. The van der Waals surface area contributed by atoms with Gasteiger partial charge < -0.3 is 10.6 Å². The molecular formula is C13H20BrN3. The van der Waals surface area contributed by atoms with Gasteiger partial charge in [0.25, 0.3) is 0 Å². The molecule has 0 amide bonds. The summed E-state index contributed by atoms with van der Waals surface area (Å²) in [6.07, 6.45) is 0. The van der Waals surface area contributed by atoms with Crippen LogP contribution in [-0.4, -0.2) is 18.9 Å². The molecular weight excluding hydrogens is 278 g/mol. The second kappa shape index (κ2) is 6.05. The number of anilines is 1. The average Bonchev–Trinajstić information content (AvgIpc) is 2.25. The van der Waals surface area contributed by atoms with E-state index in [4.69, 9.17) is 11.1 Å². The Morgan fingerprint density at radius 2 is 2.12 bits per heavy atom. The standard InChI is InChI=1S/C13H20BrN3/c1-4-17(8-9(2)3)12-7-10(14)5-6-11(12)13(15)16/h5-7,9H,4,8H2,1-3H3,(H3,15,16). The van der Waals surface area contributed by atoms with Crippen molar-refractivity contribution in [2.75, 3.05) is 18.0 Å². The third kappa shape index (κ3) is 3.73. The van der Waals surface area contributed by atoms with Crippen molar-refractivity contribution in [1.29, 1.82) is 5.41 Å². The fraction of sp³-hybridized carbons (Fsp3) is 0.462. The van der Waals surface area contributed by atoms with E-state index in [0.29, 0.717) is 5.92 Å². The summed E-state index contributed by atoms with van der Waals surface area (Å²) in [4.78, 5) is 2.26. The minimum Gasteiger partial charge on any atom is -0.384 e. The summed E-state index contributed by atoms with van der Waals surface area (Å²) < 4.78 is 1.01. The smallest absolute Gasteiger partial charge is 0.124 e. The van der Waals surface area contributed by atoms with Crippen molar-refractivity contribution in [3.05, 3.63) is 28.2 Å². The Labute approximate surface area is 112 Å². The second-order valence-electron chi connectivity index (χ2n) is 4.51. The van der Waals surface area contributed by atoms with E-state index in [1.807, 2.05) is 18.2 Å². The van der Waals surface area contributed by atoms with E-state index >= 15 is 0 Å². The van der Waals surface area contributed by atoms with E-state index in [2.05, 4.69) is 41.6 Å². The van der Waals surface area contributed by atoms with Crippen LogP contribution in [0, 0.1) is 11.3 Å². The minimum atomic E-state index is 0.120. The molecule has 3 N–H and O–H groups in total. The van der Waals surface area contributed by atoms with Crippen LogP contribution in [0.15, 0.2) is 22.7 Å². The molecule has 0 heterocycles. The van der Waals surface area contributed by atoms with Crippen LogP contribution in [-0.2, 0) is 0 Å². The van der Waals surface area contributed by atoms with Gasteiger partial charge in [-0.15, -0.1) is 0 Å². The molecule has 0 aliphatic carbocycles. The van der Waals surface area contributed by atoms with Crippen LogP contribution >= 0.6 is 15.9 Å². The highest BCUT2D eigenvalue weighted by Crippen LogP contribution is 2.25. The van der Waals surface area contributed by atoms with E-state index in [1.54, 1.807) is 0 Å². The Hall–Kier alpha value is -1.03. The first-order valence-corrected chi connectivity index (χ1v) is 6.63. The summed E-state index contributed by atoms with van der Waals surface area (Å²) >= 11 is 3.47. The molecule has 0 bridgehead atoms. The van der Waals surface area contributed by atoms with Crippen molar-refractivity contribution in [3.8, 4) is 0 Å². The molecule has 0 aromatic heterocycles. The summed E-state index contributed by atoms with van der Waals surface area (Å²) in [5, 5.41) is 7.63. The molecule has 0 saturated heterocycles. The zero-order valence-electron chi connectivity index (χ0n) is 10.6. The molecule has 0 spiro atoms. The summed E-state index contributed by atoms with van der Waals surface area (Å²) in [5.74, 6) is 0.698. The molecule has 0 atom stereocenters. The lowest BCUT2D eigenvalue weighted by atomic mass is 10.1. The van der Waals surface area contributed by atoms with Gasteiger partial charge in [-0.25, -0.2) is 0 Å². The van der Waals surface area contributed by atoms with E-state index in [0.717, 1.165) is 28.8 Å². The zero-order valence-corrected chi connectivity index (χ0v) is 12.2. The molecule has 3 nitrogen and oxygen atoms in total. The van der Waals surface area contributed by atoms with Gasteiger partial charge in [-0.3, -0.25) is 5.41 Å². The van der Waals surface area contributed by atoms with Crippen molar-refractivity contribution in [2.45, 2.75) is 20.8 Å². The Morgan fingerprint density at radius 1 is 1.47 bits per heavy atom. The Bertz CT molecular complexity index is 402. The minimum absolute atomic E-state index is 0.120. The molecule has 0 saturated carbocycles. The molecule has 0 aliphatic rings. The predicted molar refractivity (Wildman–Crippen MR) is 77.9 cm³/mol. The molecule has 1 aromatic rings. The first kappa shape index (κ1) is 14.0. The maximum atomic E-state index is 7.63. The van der Waals surface area contributed by atoms with Crippen LogP contribution < -0.4 is 10.6 Å². The molecule has 1 aromatic carbocycles. The Kier molecular flexibility index (Phi) is 5.00. The lowest BCUT2D eigenvalue weighted by Gasteiger charge is -2.27. The number of amidine groups is 1. The van der Waals surface area contributed by atoms with Gasteiger partial charge in [0, 0.05) is 28.8 Å². The van der Waals surface area contributed by atoms with Crippen LogP contribution in [0.5, 0.6) is 0 Å². The van der Waals surface area contributed by atoms with Crippen LogP contribution in [0.3, 0.4) is 0 Å². The number of benzene rings is 1. The highest BCUT2D eigenvalue weighted by Gasteiger charge is 2.13. The largest absolute Gasteiger partial charge is 0.384 e. The summed E-state index contributed by atoms with van der Waals surface area (Å²) in [7, 11) is 0. The topological polar surface area (TPSA) is 53.1 Å². The lowest BCUT2D eigenvalue weighted by molar-refractivity contribution is 0.618. The number of nitrogens with two attached hydrogens (primary N) is 1. The third-order valence-electron chi connectivity index (χ3n) is 2.56. The Balaban J connectivity index is 3.15. The fourth-order valence-corrected chi connectivity index (χ4v) is 2.18. The maximum absolute atomic E-state index is 7.63. The van der Waals surface area contributed by atoms with Crippen LogP contribution in [0.2, 0.25) is 0 Å². The summed E-state index contributed by atoms with van der Waals surface area (Å²) in [6, 6.07) is 5.84. The monoisotopic (exact) mass is 297 g/mol. The number of nitrogens with one attached hydrogen (secondary N) is 1. The first-order valence-electron chi connectivity index (χ1n) is 5.84. The van der Waals surface area contributed by atoms with Gasteiger partial charge in [0.2, 0.25) is 0 Å². The fourth-order valence-electron chi connectivity index (χ4n) is 1.83. The summed E-state index contributed by atoms with van der Waals surface area (Å²) in [5.41, 5.74) is 7.46. The Morgan fingerprint density at radius 3 is 2.59 bits per heavy atom. The number of hydrogen-bond acceptors (Lipinski definition) is 2. The van der Waals surface area contributed by atoms with E-state index < -0.39 is 0 Å². The maximum Gasteiger partial charge on any atom is 0.124 e. The number of hydrogen-bond donors (Lipinski definition) is 2.